The van der Waals surface area contributed by atoms with Crippen LogP contribution >= 0.6 is 0 Å². The van der Waals surface area contributed by atoms with E-state index in [9.17, 15) is 14.3 Å². The Hall–Kier alpha value is -3.13. The molecule has 27 heavy (non-hydrogen) atoms. The first-order valence-electron chi connectivity index (χ1n) is 8.55. The van der Waals surface area contributed by atoms with Crippen LogP contribution in [0.5, 0.6) is 5.88 Å². The molecule has 0 bridgehead atoms. The van der Waals surface area contributed by atoms with E-state index >= 15 is 0 Å². The van der Waals surface area contributed by atoms with E-state index in [1.165, 1.54) is 12.0 Å². The highest BCUT2D eigenvalue weighted by Gasteiger charge is 2.31. The third-order valence-corrected chi connectivity index (χ3v) is 4.82. The fourth-order valence-electron chi connectivity index (χ4n) is 3.45. The van der Waals surface area contributed by atoms with E-state index in [1.54, 1.807) is 12.1 Å². The molecule has 1 aliphatic rings. The molecule has 2 aromatic rings. The predicted molar refractivity (Wildman–Crippen MR) is 95.1 cm³/mol. The molecular weight excluding hydrogens is 355 g/mol. The second kappa shape index (κ2) is 8.05. The number of carbonyl (C=O) groups is 1. The van der Waals surface area contributed by atoms with Gasteiger partial charge in [0.1, 0.15) is 5.82 Å². The molecule has 2 aromatic heterocycles. The minimum absolute atomic E-state index is 0.149. The number of aryl methyl sites for hydroxylation is 1. The Balaban J connectivity index is 1.82. The maximum absolute atomic E-state index is 14.4. The number of azide groups is 1. The number of methoxy groups -OCH3 is 1. The third kappa shape index (κ3) is 4.01. The van der Waals surface area contributed by atoms with Gasteiger partial charge < -0.3 is 14.7 Å². The van der Waals surface area contributed by atoms with Crippen LogP contribution in [0, 0.1) is 5.82 Å². The molecule has 9 nitrogen and oxygen atoms in total. The van der Waals surface area contributed by atoms with Gasteiger partial charge >= 0.3 is 6.09 Å². The lowest BCUT2D eigenvalue weighted by atomic mass is 9.93. The normalized spacial score (nSPS) is 19.6. The van der Waals surface area contributed by atoms with Crippen LogP contribution in [-0.4, -0.2) is 51.8 Å². The Morgan fingerprint density at radius 2 is 2.33 bits per heavy atom. The Kier molecular flexibility index (Phi) is 5.56. The standard InChI is InChI=1S/C17H19FN6O3/c1-27-15-7-6-14-16(21-15)12(13(18)8-20-14)5-4-11-3-2-10(22-23-19)9-24(11)17(25)26/h6-8,10-11H,2-5,9H2,1H3,(H,25,26)/t10-,11-/m1/s1. The molecule has 0 spiro atoms. The summed E-state index contributed by atoms with van der Waals surface area (Å²) >= 11 is 0. The van der Waals surface area contributed by atoms with Gasteiger partial charge in [-0.3, -0.25) is 4.98 Å². The summed E-state index contributed by atoms with van der Waals surface area (Å²) in [6, 6.07) is 2.71. The van der Waals surface area contributed by atoms with E-state index in [4.69, 9.17) is 10.3 Å². The quantitative estimate of drug-likeness (QED) is 0.487. The number of halogens is 1. The van der Waals surface area contributed by atoms with Crippen LogP contribution < -0.4 is 4.74 Å². The monoisotopic (exact) mass is 374 g/mol. The maximum atomic E-state index is 14.4. The summed E-state index contributed by atoms with van der Waals surface area (Å²) in [6.45, 7) is 0.149. The average molecular weight is 374 g/mol. The fraction of sp³-hybridized carbons (Fsp3) is 0.471. The minimum Gasteiger partial charge on any atom is -0.481 e. The molecule has 1 amide bonds. The zero-order valence-electron chi connectivity index (χ0n) is 14.7. The van der Waals surface area contributed by atoms with Gasteiger partial charge in [0.2, 0.25) is 5.88 Å². The first kappa shape index (κ1) is 18.7. The topological polar surface area (TPSA) is 124 Å². The summed E-state index contributed by atoms with van der Waals surface area (Å²) in [7, 11) is 1.48. The van der Waals surface area contributed by atoms with Crippen molar-refractivity contribution >= 4 is 17.1 Å². The molecule has 10 heteroatoms. The Morgan fingerprint density at radius 1 is 1.52 bits per heavy atom. The number of pyridine rings is 2. The van der Waals surface area contributed by atoms with Crippen LogP contribution in [0.3, 0.4) is 0 Å². The molecule has 0 saturated carbocycles. The lowest BCUT2D eigenvalue weighted by Crippen LogP contribution is -2.47. The number of hydrogen-bond donors (Lipinski definition) is 1. The third-order valence-electron chi connectivity index (χ3n) is 4.82. The molecule has 0 unspecified atom stereocenters. The van der Waals surface area contributed by atoms with Crippen LogP contribution in [0.2, 0.25) is 0 Å². The van der Waals surface area contributed by atoms with Gasteiger partial charge in [0.05, 0.1) is 30.4 Å². The van der Waals surface area contributed by atoms with E-state index in [-0.39, 0.29) is 18.6 Å². The molecule has 1 fully saturated rings. The predicted octanol–water partition coefficient (Wildman–Crippen LogP) is 3.53. The average Bonchev–Trinajstić information content (AvgIpc) is 2.67. The molecule has 1 saturated heterocycles. The van der Waals surface area contributed by atoms with E-state index in [0.29, 0.717) is 48.2 Å². The molecule has 1 aliphatic heterocycles. The SMILES string of the molecule is COc1ccc2ncc(F)c(CC[C@H]3CC[C@@H](N=[N+]=[N-])CN3C(=O)O)c2n1. The van der Waals surface area contributed by atoms with Crippen LogP contribution in [-0.2, 0) is 6.42 Å². The largest absolute Gasteiger partial charge is 0.481 e. The molecule has 142 valence electrons. The lowest BCUT2D eigenvalue weighted by molar-refractivity contribution is 0.0970. The number of aromatic nitrogens is 2. The molecule has 1 N–H and O–H groups in total. The van der Waals surface area contributed by atoms with Crippen molar-refractivity contribution in [3.05, 3.63) is 40.2 Å². The van der Waals surface area contributed by atoms with E-state index < -0.39 is 11.9 Å². The Morgan fingerprint density at radius 3 is 3.04 bits per heavy atom. The summed E-state index contributed by atoms with van der Waals surface area (Å²) in [5.74, 6) is -0.119. The highest BCUT2D eigenvalue weighted by molar-refractivity contribution is 5.78. The van der Waals surface area contributed by atoms with Crippen molar-refractivity contribution in [3.8, 4) is 5.88 Å². The van der Waals surface area contributed by atoms with Crippen molar-refractivity contribution in [2.75, 3.05) is 13.7 Å². The number of rotatable bonds is 5. The number of hydrogen-bond acceptors (Lipinski definition) is 5. The molecule has 3 heterocycles. The number of piperidine rings is 1. The van der Waals surface area contributed by atoms with Gasteiger partial charge in [0.15, 0.2) is 0 Å². The number of carboxylic acid groups (broad SMARTS) is 1. The van der Waals surface area contributed by atoms with E-state index in [1.807, 2.05) is 0 Å². The highest BCUT2D eigenvalue weighted by atomic mass is 19.1. The zero-order chi connectivity index (χ0) is 19.4. The first-order valence-corrected chi connectivity index (χ1v) is 8.55. The number of ether oxygens (including phenoxy) is 1. The second-order valence-corrected chi connectivity index (χ2v) is 6.37. The highest BCUT2D eigenvalue weighted by Crippen LogP contribution is 2.27. The molecular formula is C17H19FN6O3. The number of likely N-dealkylation sites (tertiary alicyclic amines) is 1. The van der Waals surface area contributed by atoms with Gasteiger partial charge in [-0.25, -0.2) is 14.2 Å². The Bertz CT molecular complexity index is 902. The summed E-state index contributed by atoms with van der Waals surface area (Å²) in [4.78, 5) is 23.9. The zero-order valence-corrected chi connectivity index (χ0v) is 14.7. The first-order chi connectivity index (χ1) is 13.0. The van der Waals surface area contributed by atoms with Crippen molar-refractivity contribution in [2.24, 2.45) is 5.11 Å². The maximum Gasteiger partial charge on any atom is 0.407 e. The number of fused-ring (bicyclic) bond motifs is 1. The summed E-state index contributed by atoms with van der Waals surface area (Å²) in [6.07, 6.45) is 1.98. The van der Waals surface area contributed by atoms with Crippen molar-refractivity contribution in [1.29, 1.82) is 0 Å². The minimum atomic E-state index is -1.07. The van der Waals surface area contributed by atoms with Crippen molar-refractivity contribution in [2.45, 2.75) is 37.8 Å². The van der Waals surface area contributed by atoms with Crippen molar-refractivity contribution in [1.82, 2.24) is 14.9 Å². The van der Waals surface area contributed by atoms with Crippen LogP contribution in [0.4, 0.5) is 9.18 Å². The van der Waals surface area contributed by atoms with Crippen LogP contribution in [0.25, 0.3) is 21.5 Å². The number of nitrogens with zero attached hydrogens (tertiary/aromatic N) is 6. The van der Waals surface area contributed by atoms with Crippen LogP contribution in [0.15, 0.2) is 23.4 Å². The van der Waals surface area contributed by atoms with Gasteiger partial charge in [-0.2, -0.15) is 0 Å². The Labute approximate surface area is 154 Å². The van der Waals surface area contributed by atoms with Gasteiger partial charge in [-0.05, 0) is 37.3 Å². The van der Waals surface area contributed by atoms with Gasteiger partial charge in [-0.15, -0.1) is 0 Å². The molecule has 0 aromatic carbocycles. The molecule has 2 atom stereocenters. The second-order valence-electron chi connectivity index (χ2n) is 6.37. The fourth-order valence-corrected chi connectivity index (χ4v) is 3.45. The van der Waals surface area contributed by atoms with E-state index in [2.05, 4.69) is 20.0 Å². The van der Waals surface area contributed by atoms with Crippen molar-refractivity contribution < 1.29 is 19.0 Å². The molecule has 3 rings (SSSR count). The van der Waals surface area contributed by atoms with E-state index in [0.717, 1.165) is 6.20 Å². The van der Waals surface area contributed by atoms with Gasteiger partial charge in [0, 0.05) is 29.1 Å². The summed E-state index contributed by atoms with van der Waals surface area (Å²) in [5.41, 5.74) is 9.92. The smallest absolute Gasteiger partial charge is 0.407 e. The molecule has 0 radical (unpaired) electrons. The van der Waals surface area contributed by atoms with Gasteiger partial charge in [0.25, 0.3) is 0 Å². The molecule has 0 aliphatic carbocycles. The van der Waals surface area contributed by atoms with Crippen molar-refractivity contribution in [3.63, 3.8) is 0 Å². The van der Waals surface area contributed by atoms with Gasteiger partial charge in [-0.1, -0.05) is 5.11 Å². The number of amides is 1. The summed E-state index contributed by atoms with van der Waals surface area (Å²) in [5, 5.41) is 13.1. The lowest BCUT2D eigenvalue weighted by Gasteiger charge is -2.36. The summed E-state index contributed by atoms with van der Waals surface area (Å²) < 4.78 is 19.5. The van der Waals surface area contributed by atoms with Crippen LogP contribution in [0.1, 0.15) is 24.8 Å².